The van der Waals surface area contributed by atoms with Gasteiger partial charge in [-0.15, -0.1) is 21.5 Å². The Kier molecular flexibility index (Phi) is 3.02. The van der Waals surface area contributed by atoms with Crippen LogP contribution >= 0.6 is 11.3 Å². The van der Waals surface area contributed by atoms with Crippen LogP contribution in [0.2, 0.25) is 0 Å². The summed E-state index contributed by atoms with van der Waals surface area (Å²) in [6, 6.07) is 0. The molecule has 0 atom stereocenters. The molecule has 0 unspecified atom stereocenters. The van der Waals surface area contributed by atoms with Crippen LogP contribution in [-0.4, -0.2) is 37.1 Å². The molecule has 1 amide bonds. The van der Waals surface area contributed by atoms with Crippen molar-refractivity contribution in [3.05, 3.63) is 27.7 Å². The molecule has 6 nitrogen and oxygen atoms in total. The minimum atomic E-state index is 0.0189. The van der Waals surface area contributed by atoms with Gasteiger partial charge in [-0.1, -0.05) is 6.92 Å². The summed E-state index contributed by atoms with van der Waals surface area (Å²) in [5.74, 6) is 2.50. The van der Waals surface area contributed by atoms with Crippen molar-refractivity contribution in [1.29, 1.82) is 0 Å². The number of hydrogen-bond donors (Lipinski definition) is 0. The van der Waals surface area contributed by atoms with Gasteiger partial charge < -0.3 is 9.47 Å². The number of aromatic nitrogens is 4. The van der Waals surface area contributed by atoms with E-state index in [0.29, 0.717) is 24.7 Å². The molecule has 0 radical (unpaired) electrons. The molecule has 2 aliphatic rings. The van der Waals surface area contributed by atoms with Crippen LogP contribution in [-0.2, 0) is 19.5 Å². The Morgan fingerprint density at radius 2 is 2.24 bits per heavy atom. The number of fused-ring (bicyclic) bond motifs is 1. The summed E-state index contributed by atoms with van der Waals surface area (Å²) in [4.78, 5) is 18.9. The van der Waals surface area contributed by atoms with Gasteiger partial charge in [-0.25, -0.2) is 4.98 Å². The van der Waals surface area contributed by atoms with E-state index in [1.807, 2.05) is 10.3 Å². The molecule has 1 saturated carbocycles. The lowest BCUT2D eigenvalue weighted by molar-refractivity contribution is 0.0701. The van der Waals surface area contributed by atoms with E-state index >= 15 is 0 Å². The fourth-order valence-corrected chi connectivity index (χ4v) is 3.68. The molecule has 0 spiro atoms. The van der Waals surface area contributed by atoms with Crippen molar-refractivity contribution in [3.63, 3.8) is 0 Å². The Balaban J connectivity index is 1.52. The third kappa shape index (κ3) is 2.25. The van der Waals surface area contributed by atoms with Crippen molar-refractivity contribution in [2.75, 3.05) is 6.54 Å². The van der Waals surface area contributed by atoms with Crippen molar-refractivity contribution in [2.24, 2.45) is 0 Å². The molecule has 21 heavy (non-hydrogen) atoms. The van der Waals surface area contributed by atoms with Gasteiger partial charge in [0.25, 0.3) is 5.91 Å². The first-order chi connectivity index (χ1) is 10.3. The Morgan fingerprint density at radius 3 is 3.00 bits per heavy atom. The first-order valence-corrected chi connectivity index (χ1v) is 8.30. The van der Waals surface area contributed by atoms with Gasteiger partial charge in [-0.3, -0.25) is 4.79 Å². The number of rotatable bonds is 3. The van der Waals surface area contributed by atoms with E-state index in [0.717, 1.165) is 29.6 Å². The molecule has 2 aromatic rings. The van der Waals surface area contributed by atoms with Gasteiger partial charge in [0, 0.05) is 30.8 Å². The summed E-state index contributed by atoms with van der Waals surface area (Å²) < 4.78 is 2.13. The standard InChI is InChI=1S/C14H17N5OS/c1-2-11-16-17-12-7-18(5-6-19(11)12)14(20)10-8-21-13(15-10)9-3-4-9/h8-9H,2-7H2,1H3. The first kappa shape index (κ1) is 12.9. The lowest BCUT2D eigenvalue weighted by Gasteiger charge is -2.27. The van der Waals surface area contributed by atoms with E-state index in [1.165, 1.54) is 12.8 Å². The predicted octanol–water partition coefficient (Wildman–Crippen LogP) is 1.83. The molecule has 0 saturated heterocycles. The van der Waals surface area contributed by atoms with Crippen LogP contribution in [0.15, 0.2) is 5.38 Å². The van der Waals surface area contributed by atoms with Crippen molar-refractivity contribution in [3.8, 4) is 0 Å². The van der Waals surface area contributed by atoms with Gasteiger partial charge in [0.05, 0.1) is 11.6 Å². The highest BCUT2D eigenvalue weighted by Gasteiger charge is 2.30. The molecule has 110 valence electrons. The quantitative estimate of drug-likeness (QED) is 0.868. The normalized spacial score (nSPS) is 17.9. The zero-order chi connectivity index (χ0) is 14.4. The fraction of sp³-hybridized carbons (Fsp3) is 0.571. The van der Waals surface area contributed by atoms with E-state index in [9.17, 15) is 4.79 Å². The second-order valence-electron chi connectivity index (χ2n) is 5.61. The molecule has 2 aromatic heterocycles. The van der Waals surface area contributed by atoms with Crippen molar-refractivity contribution in [2.45, 2.75) is 45.2 Å². The highest BCUT2D eigenvalue weighted by atomic mass is 32.1. The van der Waals surface area contributed by atoms with Gasteiger partial charge in [0.2, 0.25) is 0 Å². The third-order valence-electron chi connectivity index (χ3n) is 4.10. The number of aryl methyl sites for hydroxylation is 1. The Morgan fingerprint density at radius 1 is 1.38 bits per heavy atom. The average molecular weight is 303 g/mol. The van der Waals surface area contributed by atoms with E-state index < -0.39 is 0 Å². The smallest absolute Gasteiger partial charge is 0.273 e. The highest BCUT2D eigenvalue weighted by molar-refractivity contribution is 7.10. The van der Waals surface area contributed by atoms with Crippen molar-refractivity contribution >= 4 is 17.2 Å². The van der Waals surface area contributed by atoms with Crippen molar-refractivity contribution < 1.29 is 4.79 Å². The lowest BCUT2D eigenvalue weighted by atomic mass is 10.3. The minimum Gasteiger partial charge on any atom is -0.328 e. The Bertz CT molecular complexity index is 687. The summed E-state index contributed by atoms with van der Waals surface area (Å²) in [6.45, 7) is 4.08. The zero-order valence-corrected chi connectivity index (χ0v) is 12.8. The Hall–Kier alpha value is -1.76. The number of carbonyl (C=O) groups is 1. The largest absolute Gasteiger partial charge is 0.328 e. The van der Waals surface area contributed by atoms with Crippen molar-refractivity contribution in [1.82, 2.24) is 24.6 Å². The van der Waals surface area contributed by atoms with Crippen LogP contribution in [0.5, 0.6) is 0 Å². The second kappa shape index (κ2) is 4.91. The van der Waals surface area contributed by atoms with E-state index in [1.54, 1.807) is 11.3 Å². The van der Waals surface area contributed by atoms with Gasteiger partial charge >= 0.3 is 0 Å². The summed E-state index contributed by atoms with van der Waals surface area (Å²) in [6.07, 6.45) is 3.30. The topological polar surface area (TPSA) is 63.9 Å². The maximum atomic E-state index is 12.6. The molecule has 0 bridgehead atoms. The first-order valence-electron chi connectivity index (χ1n) is 7.42. The van der Waals surface area contributed by atoms with Crippen LogP contribution in [0.4, 0.5) is 0 Å². The molecule has 3 heterocycles. The third-order valence-corrected chi connectivity index (χ3v) is 5.11. The minimum absolute atomic E-state index is 0.0189. The zero-order valence-electron chi connectivity index (χ0n) is 11.9. The number of thiazole rings is 1. The molecular formula is C14H17N5OS. The monoisotopic (exact) mass is 303 g/mol. The molecule has 1 aliphatic carbocycles. The van der Waals surface area contributed by atoms with Crippen LogP contribution < -0.4 is 0 Å². The number of carbonyl (C=O) groups excluding carboxylic acids is 1. The van der Waals surface area contributed by atoms with Crippen LogP contribution in [0, 0.1) is 0 Å². The van der Waals surface area contributed by atoms with E-state index in [-0.39, 0.29) is 5.91 Å². The van der Waals surface area contributed by atoms with Gasteiger partial charge in [0.15, 0.2) is 5.82 Å². The predicted molar refractivity (Wildman–Crippen MR) is 78.2 cm³/mol. The molecule has 1 fully saturated rings. The number of amides is 1. The molecule has 0 N–H and O–H groups in total. The second-order valence-corrected chi connectivity index (χ2v) is 6.50. The SMILES string of the molecule is CCc1nnc2n1CCN(C(=O)c1csc(C3CC3)n1)C2. The Labute approximate surface area is 126 Å². The van der Waals surface area contributed by atoms with Crippen LogP contribution in [0.1, 0.15) is 52.8 Å². The summed E-state index contributed by atoms with van der Waals surface area (Å²) >= 11 is 1.61. The number of nitrogens with zero attached hydrogens (tertiary/aromatic N) is 5. The fourth-order valence-electron chi connectivity index (χ4n) is 2.72. The summed E-state index contributed by atoms with van der Waals surface area (Å²) in [7, 11) is 0. The highest BCUT2D eigenvalue weighted by Crippen LogP contribution is 2.41. The van der Waals surface area contributed by atoms with Gasteiger partial charge in [-0.05, 0) is 12.8 Å². The van der Waals surface area contributed by atoms with Crippen LogP contribution in [0.3, 0.4) is 0 Å². The summed E-state index contributed by atoms with van der Waals surface area (Å²) in [5, 5.41) is 11.4. The molecule has 7 heteroatoms. The van der Waals surface area contributed by atoms with E-state index in [4.69, 9.17) is 0 Å². The maximum Gasteiger partial charge on any atom is 0.273 e. The lowest BCUT2D eigenvalue weighted by Crippen LogP contribution is -2.39. The average Bonchev–Trinajstić information content (AvgIpc) is 3.11. The molecule has 0 aromatic carbocycles. The van der Waals surface area contributed by atoms with Gasteiger partial charge in [0.1, 0.15) is 11.5 Å². The molecule has 4 rings (SSSR count). The van der Waals surface area contributed by atoms with Crippen LogP contribution in [0.25, 0.3) is 0 Å². The molecular weight excluding hydrogens is 286 g/mol. The maximum absolute atomic E-state index is 12.6. The van der Waals surface area contributed by atoms with E-state index in [2.05, 4.69) is 26.7 Å². The van der Waals surface area contributed by atoms with Gasteiger partial charge in [-0.2, -0.15) is 0 Å². The molecule has 1 aliphatic heterocycles. The number of hydrogen-bond acceptors (Lipinski definition) is 5. The summed E-state index contributed by atoms with van der Waals surface area (Å²) in [5.41, 5.74) is 0.589.